The minimum absolute atomic E-state index is 0.119. The Morgan fingerprint density at radius 1 is 0.339 bits per heavy atom. The first-order valence-electron chi connectivity index (χ1n) is 22.8. The van der Waals surface area contributed by atoms with E-state index in [-0.39, 0.29) is 37.5 Å². The summed E-state index contributed by atoms with van der Waals surface area (Å²) in [5.74, 6) is -1.03. The van der Waals surface area contributed by atoms with Crippen LogP contribution in [0.2, 0.25) is 0 Å². The zero-order valence-corrected chi connectivity index (χ0v) is 37.2. The number of unbranched alkanes of at least 4 members (excludes halogenated alkanes) is 13. The van der Waals surface area contributed by atoms with Gasteiger partial charge >= 0.3 is 17.9 Å². The summed E-state index contributed by atoms with van der Waals surface area (Å²) in [6, 6.07) is 0. The van der Waals surface area contributed by atoms with E-state index in [1.165, 1.54) is 19.3 Å². The molecule has 0 fully saturated rings. The first-order chi connectivity index (χ1) is 29.0. The van der Waals surface area contributed by atoms with E-state index in [0.29, 0.717) is 19.3 Å². The molecule has 0 radical (unpaired) electrons. The molecular weight excluding hydrogens is 733 g/mol. The van der Waals surface area contributed by atoms with Crippen molar-refractivity contribution in [3.8, 4) is 0 Å². The van der Waals surface area contributed by atoms with Crippen molar-refractivity contribution in [3.05, 3.63) is 134 Å². The molecule has 1 atom stereocenters. The quantitative estimate of drug-likeness (QED) is 0.0267. The Morgan fingerprint density at radius 3 is 0.966 bits per heavy atom. The molecule has 0 heterocycles. The molecule has 0 rings (SSSR count). The van der Waals surface area contributed by atoms with Gasteiger partial charge in [-0.25, -0.2) is 0 Å². The van der Waals surface area contributed by atoms with Crippen LogP contribution >= 0.6 is 0 Å². The van der Waals surface area contributed by atoms with Crippen LogP contribution in [0.15, 0.2) is 134 Å². The highest BCUT2D eigenvalue weighted by Gasteiger charge is 2.19. The molecule has 1 unspecified atom stereocenters. The largest absolute Gasteiger partial charge is 0.462 e. The van der Waals surface area contributed by atoms with Gasteiger partial charge in [0.15, 0.2) is 6.10 Å². The van der Waals surface area contributed by atoms with E-state index in [1.807, 2.05) is 72.9 Å². The SMILES string of the molecule is CC\C=C/C=C\C=C/C=C\CCCCCC(=O)OCC(COC(=O)CCCCCCCCC\C=C/C=C\C=C/CC)OC(=O)CCCCC\C=C/C=C\C=C/C=C\CC. The van der Waals surface area contributed by atoms with Gasteiger partial charge in [-0.1, -0.05) is 199 Å². The Balaban J connectivity index is 4.56. The number of carbonyl (C=O) groups excluding carboxylic acids is 3. The van der Waals surface area contributed by atoms with E-state index in [1.54, 1.807) is 0 Å². The third-order valence-electron chi connectivity index (χ3n) is 8.88. The summed E-state index contributed by atoms with van der Waals surface area (Å²) in [5.41, 5.74) is 0. The highest BCUT2D eigenvalue weighted by molar-refractivity contribution is 5.71. The summed E-state index contributed by atoms with van der Waals surface area (Å²) >= 11 is 0. The van der Waals surface area contributed by atoms with Crippen molar-refractivity contribution < 1.29 is 28.6 Å². The maximum atomic E-state index is 12.7. The summed E-state index contributed by atoms with van der Waals surface area (Å²) in [6.07, 6.45) is 64.3. The monoisotopic (exact) mass is 813 g/mol. The van der Waals surface area contributed by atoms with Crippen molar-refractivity contribution in [2.75, 3.05) is 13.2 Å². The van der Waals surface area contributed by atoms with Crippen molar-refractivity contribution >= 4 is 17.9 Å². The molecule has 0 aliphatic heterocycles. The van der Waals surface area contributed by atoms with Crippen LogP contribution in [0, 0.1) is 0 Å². The lowest BCUT2D eigenvalue weighted by molar-refractivity contribution is -0.167. The van der Waals surface area contributed by atoms with Gasteiger partial charge in [-0.15, -0.1) is 0 Å². The number of carbonyl (C=O) groups is 3. The van der Waals surface area contributed by atoms with Crippen molar-refractivity contribution in [1.29, 1.82) is 0 Å². The van der Waals surface area contributed by atoms with Crippen molar-refractivity contribution in [1.82, 2.24) is 0 Å². The summed E-state index contributed by atoms with van der Waals surface area (Å²) in [4.78, 5) is 37.8. The molecule has 6 nitrogen and oxygen atoms in total. The standard InChI is InChI=1S/C53H80O6/c1-4-7-10-13-16-19-22-25-26-29-31-34-37-40-43-46-52(55)58-49-50(59-53(56)47-44-41-38-35-32-28-24-21-18-15-12-9-6-3)48-57-51(54)45-42-39-36-33-30-27-23-20-17-14-11-8-5-2/h7-24,27-28,30,32,50H,4-6,25-26,29,31,33-49H2,1-3H3/b10-7-,11-8-,12-9-,16-13-,17-14-,18-15-,22-19-,23-20-,24-21-,30-27-,32-28-. The van der Waals surface area contributed by atoms with Gasteiger partial charge in [0.1, 0.15) is 13.2 Å². The topological polar surface area (TPSA) is 78.9 Å². The third kappa shape index (κ3) is 44.5. The second-order valence-electron chi connectivity index (χ2n) is 14.4. The maximum Gasteiger partial charge on any atom is 0.306 e. The van der Waals surface area contributed by atoms with Crippen LogP contribution < -0.4 is 0 Å². The van der Waals surface area contributed by atoms with Gasteiger partial charge < -0.3 is 14.2 Å². The summed E-state index contributed by atoms with van der Waals surface area (Å²) in [6.45, 7) is 6.10. The zero-order chi connectivity index (χ0) is 43.0. The number of allylic oxidation sites excluding steroid dienone is 22. The lowest BCUT2D eigenvalue weighted by Crippen LogP contribution is -2.30. The second kappa shape index (κ2) is 46.2. The van der Waals surface area contributed by atoms with Gasteiger partial charge in [-0.05, 0) is 77.0 Å². The fraction of sp³-hybridized carbons (Fsp3) is 0.528. The molecule has 0 aliphatic rings. The maximum absolute atomic E-state index is 12.7. The average Bonchev–Trinajstić information content (AvgIpc) is 3.23. The molecule has 0 aromatic heterocycles. The summed E-state index contributed by atoms with van der Waals surface area (Å²) in [7, 11) is 0. The van der Waals surface area contributed by atoms with E-state index >= 15 is 0 Å². The van der Waals surface area contributed by atoms with Crippen LogP contribution in [0.3, 0.4) is 0 Å². The predicted octanol–water partition coefficient (Wildman–Crippen LogP) is 14.7. The molecule has 0 aliphatic carbocycles. The van der Waals surface area contributed by atoms with Gasteiger partial charge in [0.25, 0.3) is 0 Å². The van der Waals surface area contributed by atoms with Crippen LogP contribution in [-0.4, -0.2) is 37.2 Å². The first-order valence-corrected chi connectivity index (χ1v) is 22.8. The zero-order valence-electron chi connectivity index (χ0n) is 37.2. The lowest BCUT2D eigenvalue weighted by Gasteiger charge is -2.18. The molecule has 0 spiro atoms. The second-order valence-corrected chi connectivity index (χ2v) is 14.4. The van der Waals surface area contributed by atoms with Gasteiger partial charge in [0.2, 0.25) is 0 Å². The fourth-order valence-corrected chi connectivity index (χ4v) is 5.52. The van der Waals surface area contributed by atoms with E-state index in [0.717, 1.165) is 96.3 Å². The van der Waals surface area contributed by atoms with Crippen LogP contribution in [0.1, 0.15) is 162 Å². The third-order valence-corrected chi connectivity index (χ3v) is 8.88. The Kier molecular flexibility index (Phi) is 42.8. The fourth-order valence-electron chi connectivity index (χ4n) is 5.52. The van der Waals surface area contributed by atoms with Crippen LogP contribution in [0.25, 0.3) is 0 Å². The average molecular weight is 813 g/mol. The number of hydrogen-bond acceptors (Lipinski definition) is 6. The highest BCUT2D eigenvalue weighted by atomic mass is 16.6. The molecule has 0 bridgehead atoms. The molecule has 0 aromatic rings. The van der Waals surface area contributed by atoms with Gasteiger partial charge in [0.05, 0.1) is 0 Å². The van der Waals surface area contributed by atoms with Gasteiger partial charge in [-0.3, -0.25) is 14.4 Å². The Labute approximate surface area is 360 Å². The van der Waals surface area contributed by atoms with E-state index in [9.17, 15) is 14.4 Å². The predicted molar refractivity (Wildman–Crippen MR) is 251 cm³/mol. The number of esters is 3. The van der Waals surface area contributed by atoms with E-state index in [2.05, 4.69) is 81.5 Å². The van der Waals surface area contributed by atoms with Gasteiger partial charge in [0, 0.05) is 19.3 Å². The Morgan fingerprint density at radius 2 is 0.610 bits per heavy atom. The van der Waals surface area contributed by atoms with E-state index < -0.39 is 6.10 Å². The number of hydrogen-bond donors (Lipinski definition) is 0. The molecule has 0 saturated carbocycles. The van der Waals surface area contributed by atoms with Crippen molar-refractivity contribution in [2.45, 2.75) is 168 Å². The van der Waals surface area contributed by atoms with Crippen LogP contribution in [0.4, 0.5) is 0 Å². The molecule has 0 saturated heterocycles. The van der Waals surface area contributed by atoms with Crippen molar-refractivity contribution in [3.63, 3.8) is 0 Å². The normalized spacial score (nSPS) is 13.3. The Hall–Kier alpha value is -4.45. The first kappa shape index (κ1) is 54.6. The van der Waals surface area contributed by atoms with Crippen LogP contribution in [-0.2, 0) is 28.6 Å². The molecule has 0 amide bonds. The van der Waals surface area contributed by atoms with E-state index in [4.69, 9.17) is 14.2 Å². The minimum Gasteiger partial charge on any atom is -0.462 e. The molecule has 0 aromatic carbocycles. The van der Waals surface area contributed by atoms with Crippen LogP contribution in [0.5, 0.6) is 0 Å². The molecule has 59 heavy (non-hydrogen) atoms. The van der Waals surface area contributed by atoms with Crippen molar-refractivity contribution in [2.24, 2.45) is 0 Å². The molecule has 6 heteroatoms. The summed E-state index contributed by atoms with van der Waals surface area (Å²) in [5, 5.41) is 0. The minimum atomic E-state index is -0.823. The molecular formula is C53H80O6. The highest BCUT2D eigenvalue weighted by Crippen LogP contribution is 2.12. The molecule has 328 valence electrons. The molecule has 0 N–H and O–H groups in total. The smallest absolute Gasteiger partial charge is 0.306 e. The number of rotatable bonds is 38. The van der Waals surface area contributed by atoms with Gasteiger partial charge in [-0.2, -0.15) is 0 Å². The lowest BCUT2D eigenvalue weighted by atomic mass is 10.1. The number of ether oxygens (including phenoxy) is 3. The Bertz CT molecular complexity index is 1350. The summed E-state index contributed by atoms with van der Waals surface area (Å²) < 4.78 is 16.6.